The van der Waals surface area contributed by atoms with Gasteiger partial charge >= 0.3 is 5.97 Å². The molecule has 248 valence electrons. The number of fused-ring (bicyclic) bond motifs is 11. The van der Waals surface area contributed by atoms with Gasteiger partial charge in [0.2, 0.25) is 0 Å². The lowest BCUT2D eigenvalue weighted by Gasteiger charge is -2.14. The highest BCUT2D eigenvalue weighted by molar-refractivity contribution is 7.98. The van der Waals surface area contributed by atoms with Crippen molar-refractivity contribution in [2.45, 2.75) is 51.8 Å². The number of nitrogens with zero attached hydrogens (tertiary/aromatic N) is 5. The second kappa shape index (κ2) is 13.4. The quantitative estimate of drug-likeness (QED) is 0.172. The van der Waals surface area contributed by atoms with Crippen LogP contribution in [0.15, 0.2) is 54.6 Å². The molecule has 0 spiro atoms. The van der Waals surface area contributed by atoms with Crippen molar-refractivity contribution in [3.63, 3.8) is 0 Å². The number of ether oxygens (including phenoxy) is 2. The maximum absolute atomic E-state index is 13.7. The van der Waals surface area contributed by atoms with Crippen molar-refractivity contribution in [1.29, 1.82) is 0 Å². The molecule has 6 bridgehead atoms. The number of halogens is 1. The smallest absolute Gasteiger partial charge is 0.354 e. The maximum Gasteiger partial charge on any atom is 0.354 e. The molecule has 7 rings (SSSR count). The zero-order valence-electron chi connectivity index (χ0n) is 28.1. The first-order chi connectivity index (χ1) is 23.2. The van der Waals surface area contributed by atoms with Gasteiger partial charge in [0.25, 0.3) is 0 Å². The van der Waals surface area contributed by atoms with Gasteiger partial charge in [-0.05, 0) is 74.2 Å². The van der Waals surface area contributed by atoms with E-state index in [1.54, 1.807) is 0 Å². The summed E-state index contributed by atoms with van der Waals surface area (Å²) in [4.78, 5) is 13.7. The van der Waals surface area contributed by atoms with Crippen molar-refractivity contribution in [3.8, 4) is 16.9 Å². The third-order valence-corrected chi connectivity index (χ3v) is 10.8. The summed E-state index contributed by atoms with van der Waals surface area (Å²) in [5.74, 6) is 2.08. The molecule has 0 aliphatic carbocycles. The minimum atomic E-state index is -0.354. The maximum atomic E-state index is 13.7. The molecule has 10 heteroatoms. The molecule has 0 atom stereocenters. The molecule has 1 aliphatic heterocycles. The lowest BCUT2D eigenvalue weighted by Crippen LogP contribution is -2.15. The molecule has 6 aromatic rings. The summed E-state index contributed by atoms with van der Waals surface area (Å²) in [6, 6.07) is 19.0. The molecule has 4 heterocycles. The van der Waals surface area contributed by atoms with Crippen LogP contribution in [-0.2, 0) is 50.4 Å². The molecule has 0 radical (unpaired) electrons. The van der Waals surface area contributed by atoms with E-state index in [1.165, 1.54) is 23.8 Å². The molecule has 3 aromatic heterocycles. The molecule has 0 N–H and O–H groups in total. The first kappa shape index (κ1) is 32.3. The highest BCUT2D eigenvalue weighted by atomic mass is 35.5. The summed E-state index contributed by atoms with van der Waals surface area (Å²) in [5, 5.41) is 13.4. The standard InChI is InChI=1S/C38H40ClN5O3S/c1-23-34(24(2)42(3)40-23)35-32(39)15-14-31-30-11-8-17-47-33-20-25(19-26-9-6-7-10-29(26)33)12-13-28-21-27(41-43(28)4)22-48-18-16-44(36(31)35)37(30)38(45)46-5/h6-7,9-10,14-15,19-21H,8,11-13,16-18,22H2,1-5H3. The zero-order chi connectivity index (χ0) is 33.5. The fourth-order valence-corrected chi connectivity index (χ4v) is 8.24. The molecule has 0 unspecified atom stereocenters. The molecular formula is C38H40ClN5O3S. The molecule has 0 fully saturated rings. The number of rotatable bonds is 2. The van der Waals surface area contributed by atoms with E-state index in [1.807, 2.05) is 54.3 Å². The Balaban J connectivity index is 1.37. The summed E-state index contributed by atoms with van der Waals surface area (Å²) in [7, 11) is 5.42. The first-order valence-electron chi connectivity index (χ1n) is 16.4. The highest BCUT2D eigenvalue weighted by Gasteiger charge is 2.28. The molecule has 3 aromatic carbocycles. The molecule has 0 saturated carbocycles. The van der Waals surface area contributed by atoms with Crippen LogP contribution in [0, 0.1) is 13.8 Å². The van der Waals surface area contributed by atoms with Crippen molar-refractivity contribution in [2.75, 3.05) is 19.5 Å². The lowest BCUT2D eigenvalue weighted by molar-refractivity contribution is 0.0588. The van der Waals surface area contributed by atoms with Crippen molar-refractivity contribution >= 4 is 51.0 Å². The number of thioether (sulfide) groups is 1. The molecule has 8 nitrogen and oxygen atoms in total. The van der Waals surface area contributed by atoms with Gasteiger partial charge in [0.1, 0.15) is 11.4 Å². The van der Waals surface area contributed by atoms with Gasteiger partial charge in [-0.1, -0.05) is 48.0 Å². The third kappa shape index (κ3) is 5.87. The van der Waals surface area contributed by atoms with Crippen molar-refractivity contribution in [1.82, 2.24) is 24.1 Å². The number of aryl methyl sites for hydroxylation is 7. The van der Waals surface area contributed by atoms with Gasteiger partial charge in [-0.2, -0.15) is 22.0 Å². The van der Waals surface area contributed by atoms with E-state index in [2.05, 4.69) is 54.0 Å². The normalized spacial score (nSPS) is 14.4. The fourth-order valence-electron chi connectivity index (χ4n) is 7.18. The van der Waals surface area contributed by atoms with Gasteiger partial charge in [0.05, 0.1) is 35.6 Å². The van der Waals surface area contributed by atoms with E-state index in [4.69, 9.17) is 31.3 Å². The number of aromatic nitrogens is 5. The van der Waals surface area contributed by atoms with E-state index in [0.29, 0.717) is 30.3 Å². The van der Waals surface area contributed by atoms with E-state index in [0.717, 1.165) is 86.6 Å². The van der Waals surface area contributed by atoms with Crippen LogP contribution in [-0.4, -0.2) is 49.6 Å². The van der Waals surface area contributed by atoms with Crippen LogP contribution in [0.4, 0.5) is 0 Å². The van der Waals surface area contributed by atoms with Crippen molar-refractivity contribution < 1.29 is 14.3 Å². The van der Waals surface area contributed by atoms with Crippen LogP contribution < -0.4 is 4.74 Å². The summed E-state index contributed by atoms with van der Waals surface area (Å²) >= 11 is 8.86. The summed E-state index contributed by atoms with van der Waals surface area (Å²) < 4.78 is 18.0. The second-order valence-corrected chi connectivity index (χ2v) is 14.0. The Labute approximate surface area is 290 Å². The fraction of sp³-hybridized carbons (Fsp3) is 0.342. The van der Waals surface area contributed by atoms with E-state index in [9.17, 15) is 4.79 Å². The molecule has 0 saturated heterocycles. The highest BCUT2D eigenvalue weighted by Crippen LogP contribution is 2.42. The van der Waals surface area contributed by atoms with Crippen LogP contribution in [0.2, 0.25) is 5.02 Å². The number of carbonyl (C=O) groups excluding carboxylic acids is 1. The van der Waals surface area contributed by atoms with Crippen LogP contribution in [0.25, 0.3) is 32.8 Å². The second-order valence-electron chi connectivity index (χ2n) is 12.5. The predicted octanol–water partition coefficient (Wildman–Crippen LogP) is 8.03. The number of hydrogen-bond acceptors (Lipinski definition) is 6. The predicted molar refractivity (Wildman–Crippen MR) is 195 cm³/mol. The van der Waals surface area contributed by atoms with Gasteiger partial charge in [-0.15, -0.1) is 0 Å². The van der Waals surface area contributed by atoms with Gasteiger partial charge in [-0.25, -0.2) is 4.79 Å². The zero-order valence-corrected chi connectivity index (χ0v) is 29.7. The number of hydrogen-bond donors (Lipinski definition) is 0. The van der Waals surface area contributed by atoms with E-state index >= 15 is 0 Å². The van der Waals surface area contributed by atoms with Gasteiger partial charge in [0, 0.05) is 65.4 Å². The number of esters is 1. The van der Waals surface area contributed by atoms with Gasteiger partial charge in [0.15, 0.2) is 0 Å². The first-order valence-corrected chi connectivity index (χ1v) is 17.9. The van der Waals surface area contributed by atoms with Crippen molar-refractivity contribution in [3.05, 3.63) is 99.2 Å². The summed E-state index contributed by atoms with van der Waals surface area (Å²) in [6.07, 6.45) is 3.15. The monoisotopic (exact) mass is 681 g/mol. The Morgan fingerprint density at radius 3 is 2.58 bits per heavy atom. The van der Waals surface area contributed by atoms with Gasteiger partial charge < -0.3 is 14.0 Å². The Morgan fingerprint density at radius 1 is 0.958 bits per heavy atom. The Bertz CT molecular complexity index is 2180. The average Bonchev–Trinajstić information content (AvgIpc) is 3.68. The Hall–Kier alpha value is -4.21. The van der Waals surface area contributed by atoms with Crippen LogP contribution >= 0.6 is 23.4 Å². The number of benzene rings is 3. The minimum absolute atomic E-state index is 0.354. The number of carbonyl (C=O) groups is 1. The molecular weight excluding hydrogens is 642 g/mol. The molecule has 1 aliphatic rings. The van der Waals surface area contributed by atoms with Crippen LogP contribution in [0.3, 0.4) is 0 Å². The number of methoxy groups -OCH3 is 1. The topological polar surface area (TPSA) is 76.1 Å². The molecule has 48 heavy (non-hydrogen) atoms. The lowest BCUT2D eigenvalue weighted by atomic mass is 9.98. The summed E-state index contributed by atoms with van der Waals surface area (Å²) in [6.45, 7) is 5.17. The van der Waals surface area contributed by atoms with Crippen molar-refractivity contribution in [2.24, 2.45) is 14.1 Å². The van der Waals surface area contributed by atoms with E-state index < -0.39 is 0 Å². The van der Waals surface area contributed by atoms with E-state index in [-0.39, 0.29) is 5.97 Å². The largest absolute Gasteiger partial charge is 0.493 e. The molecule has 0 amide bonds. The summed E-state index contributed by atoms with van der Waals surface area (Å²) in [5.41, 5.74) is 9.75. The van der Waals surface area contributed by atoms with Crippen LogP contribution in [0.1, 0.15) is 50.8 Å². The Morgan fingerprint density at radius 2 is 1.79 bits per heavy atom. The van der Waals surface area contributed by atoms with Gasteiger partial charge in [-0.3, -0.25) is 9.36 Å². The average molecular weight is 682 g/mol. The third-order valence-electron chi connectivity index (χ3n) is 9.53. The van der Waals surface area contributed by atoms with Crippen LogP contribution in [0.5, 0.6) is 5.75 Å². The Kier molecular flexibility index (Phi) is 9.00. The SMILES string of the molecule is COC(=O)c1c2c3ccc(Cl)c(-c4c(C)nn(C)c4C)c3n1CCSCc1cc(n(C)n1)CCc1cc(c3ccccc3c1)OCCC2. The minimum Gasteiger partial charge on any atom is -0.493 e.